The van der Waals surface area contributed by atoms with Gasteiger partial charge in [0.25, 0.3) is 0 Å². The van der Waals surface area contributed by atoms with Crippen LogP contribution in [0.4, 0.5) is 0 Å². The van der Waals surface area contributed by atoms with Crippen LogP contribution in [0.25, 0.3) is 6.08 Å². The van der Waals surface area contributed by atoms with E-state index in [0.717, 1.165) is 47.4 Å². The van der Waals surface area contributed by atoms with Crippen molar-refractivity contribution in [3.8, 4) is 46.0 Å². The summed E-state index contributed by atoms with van der Waals surface area (Å²) >= 11 is 0. The van der Waals surface area contributed by atoms with E-state index in [-0.39, 0.29) is 17.8 Å². The molecule has 4 aliphatic rings. The van der Waals surface area contributed by atoms with Crippen LogP contribution in [-0.2, 0) is 19.3 Å². The number of rotatable bonds is 3. The van der Waals surface area contributed by atoms with Gasteiger partial charge in [-0.25, -0.2) is 0 Å². The molecule has 0 aliphatic carbocycles. The summed E-state index contributed by atoms with van der Waals surface area (Å²) in [5, 5.41) is 11.6. The number of likely N-dealkylation sites (N-methyl/N-ethyl adjacent to an activating group) is 2. The van der Waals surface area contributed by atoms with Crippen molar-refractivity contribution in [3.05, 3.63) is 100 Å². The fraction of sp³-hybridized carbons (Fsp3) is 0.297. The Labute approximate surface area is 264 Å². The third-order valence-electron chi connectivity index (χ3n) is 9.32. The Morgan fingerprint density at radius 2 is 1.47 bits per heavy atom. The van der Waals surface area contributed by atoms with Gasteiger partial charge in [-0.2, -0.15) is 0 Å². The number of hydrogen-bond donors (Lipinski definition) is 1. The van der Waals surface area contributed by atoms with Gasteiger partial charge in [-0.1, -0.05) is 18.2 Å². The van der Waals surface area contributed by atoms with Gasteiger partial charge in [0.05, 0.1) is 27.4 Å². The van der Waals surface area contributed by atoms with Crippen molar-refractivity contribution >= 4 is 6.08 Å². The Balaban J connectivity index is 1.45. The second-order valence-corrected chi connectivity index (χ2v) is 11.9. The van der Waals surface area contributed by atoms with Crippen LogP contribution in [0, 0.1) is 0 Å². The molecule has 2 atom stereocenters. The molecule has 0 radical (unpaired) electrons. The van der Waals surface area contributed by atoms with E-state index in [1.54, 1.807) is 21.3 Å². The van der Waals surface area contributed by atoms with Crippen LogP contribution in [0.5, 0.6) is 46.0 Å². The lowest BCUT2D eigenvalue weighted by molar-refractivity contribution is 0.228. The topological polar surface area (TPSA) is 72.9 Å². The van der Waals surface area contributed by atoms with Gasteiger partial charge in [-0.3, -0.25) is 4.90 Å². The largest absolute Gasteiger partial charge is 0.502 e. The number of methoxy groups -OCH3 is 3. The van der Waals surface area contributed by atoms with E-state index in [1.165, 1.54) is 11.1 Å². The van der Waals surface area contributed by atoms with Gasteiger partial charge in [0.15, 0.2) is 34.5 Å². The molecule has 0 saturated heterocycles. The lowest BCUT2D eigenvalue weighted by Gasteiger charge is -2.36. The highest BCUT2D eigenvalue weighted by molar-refractivity contribution is 5.70. The lowest BCUT2D eigenvalue weighted by atomic mass is 9.88. The first-order valence-corrected chi connectivity index (χ1v) is 15.2. The van der Waals surface area contributed by atoms with Crippen molar-refractivity contribution in [1.82, 2.24) is 9.80 Å². The molecule has 232 valence electrons. The molecular formula is C37H38N2O6. The molecule has 0 fully saturated rings. The van der Waals surface area contributed by atoms with Crippen LogP contribution in [0.1, 0.15) is 45.5 Å². The van der Waals surface area contributed by atoms with E-state index in [9.17, 15) is 5.11 Å². The molecule has 8 heteroatoms. The van der Waals surface area contributed by atoms with Crippen LogP contribution < -0.4 is 23.7 Å². The average Bonchev–Trinajstić information content (AvgIpc) is 3.05. The number of phenolic OH excluding ortho intramolecular Hbond substituents is 1. The van der Waals surface area contributed by atoms with E-state index in [4.69, 9.17) is 23.7 Å². The van der Waals surface area contributed by atoms with Crippen LogP contribution >= 0.6 is 0 Å². The molecule has 4 aromatic carbocycles. The fourth-order valence-corrected chi connectivity index (χ4v) is 6.79. The van der Waals surface area contributed by atoms with Gasteiger partial charge in [-0.05, 0) is 109 Å². The highest BCUT2D eigenvalue weighted by atomic mass is 16.5. The minimum atomic E-state index is -0.123. The first-order valence-electron chi connectivity index (χ1n) is 15.2. The normalized spacial score (nSPS) is 18.6. The number of ether oxygens (including phenoxy) is 5. The van der Waals surface area contributed by atoms with Crippen LogP contribution in [0.2, 0.25) is 0 Å². The van der Waals surface area contributed by atoms with E-state index in [0.29, 0.717) is 40.9 Å². The molecule has 0 spiro atoms. The van der Waals surface area contributed by atoms with Crippen molar-refractivity contribution in [1.29, 1.82) is 0 Å². The molecule has 1 unspecified atom stereocenters. The fourth-order valence-electron chi connectivity index (χ4n) is 6.79. The van der Waals surface area contributed by atoms with Crippen LogP contribution in [-0.4, -0.2) is 56.9 Å². The standard InChI is InChI=1S/C37H38N2O6/c1-38-14-12-24-19-31(42-4)33-21-27(24)28(38)17-23-8-11-30(41-3)32(18-23)44-26-9-6-22(7-10-26)16-29-35-25(13-15-39(29)2)20-34(43-5)36(40)37(35)45-33/h6-11,13,15,18-21,28-29,40H,12,14,16-17H2,1-5H3/t28-,29?/m1/s1. The summed E-state index contributed by atoms with van der Waals surface area (Å²) in [7, 11) is 9.07. The summed E-state index contributed by atoms with van der Waals surface area (Å²) in [6.07, 6.45) is 6.40. The Kier molecular flexibility index (Phi) is 7.45. The summed E-state index contributed by atoms with van der Waals surface area (Å²) in [5.74, 6) is 3.94. The molecule has 0 amide bonds. The Hall–Kier alpha value is -4.82. The molecule has 8 rings (SSSR count). The predicted octanol–water partition coefficient (Wildman–Crippen LogP) is 7.29. The van der Waals surface area contributed by atoms with E-state index in [2.05, 4.69) is 59.4 Å². The molecule has 6 bridgehead atoms. The minimum Gasteiger partial charge on any atom is -0.502 e. The summed E-state index contributed by atoms with van der Waals surface area (Å²) in [4.78, 5) is 4.52. The van der Waals surface area contributed by atoms with Crippen molar-refractivity contribution in [2.45, 2.75) is 31.3 Å². The zero-order chi connectivity index (χ0) is 31.2. The van der Waals surface area contributed by atoms with Crippen LogP contribution in [0.15, 0.2) is 66.9 Å². The number of benzene rings is 4. The maximum Gasteiger partial charge on any atom is 0.201 e. The van der Waals surface area contributed by atoms with Crippen molar-refractivity contribution in [3.63, 3.8) is 0 Å². The lowest BCUT2D eigenvalue weighted by Crippen LogP contribution is -2.33. The Morgan fingerprint density at radius 3 is 2.22 bits per heavy atom. The van der Waals surface area contributed by atoms with E-state index >= 15 is 0 Å². The molecule has 4 heterocycles. The summed E-state index contributed by atoms with van der Waals surface area (Å²) in [5.41, 5.74) is 6.44. The summed E-state index contributed by atoms with van der Waals surface area (Å²) in [6.45, 7) is 0.914. The second-order valence-electron chi connectivity index (χ2n) is 11.9. The monoisotopic (exact) mass is 606 g/mol. The number of phenols is 1. The molecule has 8 nitrogen and oxygen atoms in total. The van der Waals surface area contributed by atoms with Crippen molar-refractivity contribution in [2.75, 3.05) is 42.0 Å². The van der Waals surface area contributed by atoms with E-state index < -0.39 is 0 Å². The van der Waals surface area contributed by atoms with Gasteiger partial charge in [0.2, 0.25) is 5.75 Å². The highest BCUT2D eigenvalue weighted by Crippen LogP contribution is 2.51. The molecule has 0 aromatic heterocycles. The zero-order valence-corrected chi connectivity index (χ0v) is 26.3. The maximum absolute atomic E-state index is 11.6. The molecule has 1 N–H and O–H groups in total. The molecule has 45 heavy (non-hydrogen) atoms. The first kappa shape index (κ1) is 28.9. The quantitative estimate of drug-likeness (QED) is 0.261. The minimum absolute atomic E-state index is 0.0395. The van der Waals surface area contributed by atoms with E-state index in [1.807, 2.05) is 37.4 Å². The number of fused-ring (bicyclic) bond motifs is 2. The number of hydrogen-bond acceptors (Lipinski definition) is 8. The molecule has 4 aliphatic heterocycles. The van der Waals surface area contributed by atoms with Crippen molar-refractivity contribution < 1.29 is 28.8 Å². The SMILES string of the molecule is COc1ccc2cc1Oc1ccc(cc1)CC1c3c(cc(OC)c(O)c3Oc3cc4c(cc3OC)CCN(C)[C@@H]4C2)C=CN1C. The smallest absolute Gasteiger partial charge is 0.201 e. The van der Waals surface area contributed by atoms with Gasteiger partial charge in [0, 0.05) is 25.2 Å². The van der Waals surface area contributed by atoms with Crippen molar-refractivity contribution in [2.24, 2.45) is 0 Å². The third kappa shape index (κ3) is 5.19. The molecular weight excluding hydrogens is 568 g/mol. The molecule has 0 saturated carbocycles. The van der Waals surface area contributed by atoms with Gasteiger partial charge >= 0.3 is 0 Å². The number of nitrogens with zero attached hydrogens (tertiary/aromatic N) is 2. The van der Waals surface area contributed by atoms with Gasteiger partial charge in [0.1, 0.15) is 5.75 Å². The second kappa shape index (κ2) is 11.6. The molecule has 4 aromatic rings. The Morgan fingerprint density at radius 1 is 0.756 bits per heavy atom. The van der Waals surface area contributed by atoms with Gasteiger partial charge < -0.3 is 33.7 Å². The number of aromatic hydroxyl groups is 1. The Bertz CT molecular complexity index is 1780. The predicted molar refractivity (Wildman–Crippen MR) is 173 cm³/mol. The average molecular weight is 607 g/mol. The zero-order valence-electron chi connectivity index (χ0n) is 26.3. The summed E-state index contributed by atoms with van der Waals surface area (Å²) in [6, 6.07) is 20.3. The third-order valence-corrected chi connectivity index (χ3v) is 9.32. The first-order chi connectivity index (χ1) is 21.9. The van der Waals surface area contributed by atoms with Crippen LogP contribution in [0.3, 0.4) is 0 Å². The highest BCUT2D eigenvalue weighted by Gasteiger charge is 2.32. The summed E-state index contributed by atoms with van der Waals surface area (Å²) < 4.78 is 30.4. The maximum atomic E-state index is 11.6. The van der Waals surface area contributed by atoms with Gasteiger partial charge in [-0.15, -0.1) is 0 Å².